The van der Waals surface area contributed by atoms with Crippen LogP contribution in [-0.4, -0.2) is 15.8 Å². The van der Waals surface area contributed by atoms with Crippen molar-refractivity contribution in [3.05, 3.63) is 127 Å². The van der Waals surface area contributed by atoms with Crippen molar-refractivity contribution in [2.24, 2.45) is 0 Å². The van der Waals surface area contributed by atoms with Crippen LogP contribution in [0, 0.1) is 0 Å². The van der Waals surface area contributed by atoms with Gasteiger partial charge in [0.05, 0.1) is 11.0 Å². The van der Waals surface area contributed by atoms with E-state index in [2.05, 4.69) is 118 Å². The van der Waals surface area contributed by atoms with Gasteiger partial charge in [-0.3, -0.25) is 9.13 Å². The van der Waals surface area contributed by atoms with Gasteiger partial charge in [-0.1, -0.05) is 78.9 Å². The van der Waals surface area contributed by atoms with Crippen molar-refractivity contribution in [2.75, 3.05) is 0 Å². The average molecular weight is 500 g/mol. The van der Waals surface area contributed by atoms with E-state index in [0.29, 0.717) is 0 Å². The van der Waals surface area contributed by atoms with Crippen molar-refractivity contribution >= 4 is 44.9 Å². The monoisotopic (exact) mass is 500 g/mol. The minimum Gasteiger partial charge on any atom is -0.441 e. The lowest BCUT2D eigenvalue weighted by Crippen LogP contribution is -2.57. The van der Waals surface area contributed by atoms with Gasteiger partial charge < -0.3 is 9.47 Å². The van der Waals surface area contributed by atoms with Gasteiger partial charge in [0.1, 0.15) is 11.5 Å². The Kier molecular flexibility index (Phi) is 4.11. The molecule has 39 heavy (non-hydrogen) atoms. The van der Waals surface area contributed by atoms with Gasteiger partial charge in [0.15, 0.2) is 0 Å². The number of fused-ring (bicyclic) bond motifs is 8. The first-order valence-corrected chi connectivity index (χ1v) is 13.2. The molecule has 2 aliphatic rings. The third-order valence-electron chi connectivity index (χ3n) is 8.07. The summed E-state index contributed by atoms with van der Waals surface area (Å²) in [6, 6.07) is 44.3. The fourth-order valence-corrected chi connectivity index (χ4v) is 6.54. The number of rotatable bonds is 2. The summed E-state index contributed by atoms with van der Waals surface area (Å²) < 4.78 is 18.1. The molecule has 0 saturated heterocycles. The Morgan fingerprint density at radius 3 is 1.33 bits per heavy atom. The highest BCUT2D eigenvalue weighted by atomic mass is 16.5. The van der Waals surface area contributed by atoms with Crippen molar-refractivity contribution in [3.63, 3.8) is 0 Å². The lowest BCUT2D eigenvalue weighted by atomic mass is 9.35. The minimum atomic E-state index is -0.0478. The molecule has 0 amide bonds. The smallest absolute Gasteiger partial charge is 0.266 e. The molecule has 5 aromatic carbocycles. The molecule has 0 aliphatic carbocycles. The molecular weight excluding hydrogens is 479 g/mol. The summed E-state index contributed by atoms with van der Waals surface area (Å²) in [6.07, 6.45) is 0. The molecule has 2 aromatic heterocycles. The minimum absolute atomic E-state index is 0.0478. The van der Waals surface area contributed by atoms with Crippen LogP contribution in [-0.2, 0) is 0 Å². The number of ether oxygens (including phenoxy) is 2. The molecule has 7 aromatic rings. The second kappa shape index (κ2) is 7.68. The molecule has 9 rings (SSSR count). The van der Waals surface area contributed by atoms with E-state index in [4.69, 9.17) is 9.47 Å². The van der Waals surface area contributed by atoms with Crippen LogP contribution in [0.5, 0.6) is 23.3 Å². The van der Waals surface area contributed by atoms with E-state index in [1.54, 1.807) is 0 Å². The van der Waals surface area contributed by atoms with Gasteiger partial charge in [-0.15, -0.1) is 0 Å². The second-order valence-corrected chi connectivity index (χ2v) is 10.1. The normalized spacial score (nSPS) is 13.0. The first-order valence-electron chi connectivity index (χ1n) is 13.2. The summed E-state index contributed by atoms with van der Waals surface area (Å²) in [5, 5.41) is 2.37. The van der Waals surface area contributed by atoms with Crippen LogP contribution < -0.4 is 25.9 Å². The molecule has 0 spiro atoms. The van der Waals surface area contributed by atoms with E-state index >= 15 is 0 Å². The summed E-state index contributed by atoms with van der Waals surface area (Å²) >= 11 is 0. The van der Waals surface area contributed by atoms with E-state index in [1.165, 1.54) is 21.7 Å². The Morgan fingerprint density at radius 1 is 0.410 bits per heavy atom. The molecule has 0 radical (unpaired) electrons. The predicted molar refractivity (Wildman–Crippen MR) is 158 cm³/mol. The predicted octanol–water partition coefficient (Wildman–Crippen LogP) is 6.30. The number of benzene rings is 5. The number of hydrogen-bond donors (Lipinski definition) is 0. The maximum atomic E-state index is 6.79. The highest BCUT2D eigenvalue weighted by molar-refractivity contribution is 7.01. The van der Waals surface area contributed by atoms with Gasteiger partial charge in [-0.25, -0.2) is 0 Å². The van der Waals surface area contributed by atoms with Crippen molar-refractivity contribution < 1.29 is 9.47 Å². The Hall–Kier alpha value is -5.16. The Labute approximate surface area is 225 Å². The highest BCUT2D eigenvalue weighted by Crippen LogP contribution is 2.41. The maximum absolute atomic E-state index is 6.79. The third kappa shape index (κ3) is 2.74. The van der Waals surface area contributed by atoms with E-state index in [0.717, 1.165) is 51.1 Å². The molecule has 4 nitrogen and oxygen atoms in total. The number of nitrogens with zero attached hydrogens (tertiary/aromatic N) is 2. The molecule has 2 aliphatic heterocycles. The van der Waals surface area contributed by atoms with Crippen LogP contribution in [0.15, 0.2) is 127 Å². The molecule has 0 fully saturated rings. The number of hydrogen-bond acceptors (Lipinski definition) is 2. The van der Waals surface area contributed by atoms with Crippen molar-refractivity contribution in [1.29, 1.82) is 0 Å². The maximum Gasteiger partial charge on any atom is 0.266 e. The van der Waals surface area contributed by atoms with Gasteiger partial charge in [-0.05, 0) is 59.3 Å². The molecule has 182 valence electrons. The van der Waals surface area contributed by atoms with E-state index in [1.807, 2.05) is 18.2 Å². The van der Waals surface area contributed by atoms with Gasteiger partial charge in [0.2, 0.25) is 11.8 Å². The van der Waals surface area contributed by atoms with Gasteiger partial charge >= 0.3 is 0 Å². The van der Waals surface area contributed by atoms with Gasteiger partial charge in [0.25, 0.3) is 6.71 Å². The molecular formula is C34H21BN2O2. The first-order chi connectivity index (χ1) is 19.4. The van der Waals surface area contributed by atoms with Crippen LogP contribution in [0.1, 0.15) is 0 Å². The summed E-state index contributed by atoms with van der Waals surface area (Å²) in [4.78, 5) is 0. The van der Waals surface area contributed by atoms with Crippen LogP contribution in [0.25, 0.3) is 33.2 Å². The van der Waals surface area contributed by atoms with Crippen LogP contribution in [0.4, 0.5) is 0 Å². The zero-order valence-corrected chi connectivity index (χ0v) is 20.9. The zero-order chi connectivity index (χ0) is 25.5. The number of aromatic nitrogens is 2. The highest BCUT2D eigenvalue weighted by Gasteiger charge is 2.46. The molecule has 0 atom stereocenters. The van der Waals surface area contributed by atoms with Gasteiger partial charge in [-0.2, -0.15) is 0 Å². The largest absolute Gasteiger partial charge is 0.441 e. The standard InChI is InChI=1S/C34H21BN2O2/c1-3-12-22(13-4-1)36-26-18-9-7-16-24(26)30-33(36)38-28-20-11-21-29-32(28)35(30)31-25-17-8-10-19-27(25)37(34(31)39-29)23-14-5-2-6-15-23/h1-21H. The second-order valence-electron chi connectivity index (χ2n) is 10.1. The average Bonchev–Trinajstić information content (AvgIpc) is 3.50. The van der Waals surface area contributed by atoms with Crippen LogP contribution in [0.2, 0.25) is 0 Å². The van der Waals surface area contributed by atoms with Crippen molar-refractivity contribution in [2.45, 2.75) is 0 Å². The van der Waals surface area contributed by atoms with E-state index < -0.39 is 0 Å². The third-order valence-corrected chi connectivity index (χ3v) is 8.07. The van der Waals surface area contributed by atoms with E-state index in [-0.39, 0.29) is 6.71 Å². The Balaban J connectivity index is 1.44. The lowest BCUT2D eigenvalue weighted by Gasteiger charge is -2.31. The SMILES string of the molecule is c1ccc(-n2c3c(c4ccccc42)B2c4c(cccc4Oc4c2c2ccccc2n4-c2ccccc2)O3)cc1. The fraction of sp³-hybridized carbons (Fsp3) is 0. The van der Waals surface area contributed by atoms with E-state index in [9.17, 15) is 0 Å². The molecule has 0 unspecified atom stereocenters. The van der Waals surface area contributed by atoms with Crippen molar-refractivity contribution in [1.82, 2.24) is 9.13 Å². The number of para-hydroxylation sites is 4. The first kappa shape index (κ1) is 20.9. The lowest BCUT2D eigenvalue weighted by molar-refractivity contribution is 0.439. The summed E-state index contributed by atoms with van der Waals surface area (Å²) in [6.45, 7) is -0.0478. The van der Waals surface area contributed by atoms with Crippen molar-refractivity contribution in [3.8, 4) is 34.6 Å². The Bertz CT molecular complexity index is 1930. The fourth-order valence-electron chi connectivity index (χ4n) is 6.54. The molecule has 0 bridgehead atoms. The summed E-state index contributed by atoms with van der Waals surface area (Å²) in [5.74, 6) is 3.40. The van der Waals surface area contributed by atoms with Gasteiger partial charge in [0, 0.05) is 27.8 Å². The molecule has 0 N–H and O–H groups in total. The summed E-state index contributed by atoms with van der Waals surface area (Å²) in [5.41, 5.74) is 7.85. The summed E-state index contributed by atoms with van der Waals surface area (Å²) in [7, 11) is 0. The molecule has 0 saturated carbocycles. The van der Waals surface area contributed by atoms with Crippen LogP contribution >= 0.6 is 0 Å². The zero-order valence-electron chi connectivity index (χ0n) is 20.9. The molecule has 4 heterocycles. The topological polar surface area (TPSA) is 28.3 Å². The molecule has 5 heteroatoms. The van der Waals surface area contributed by atoms with Crippen LogP contribution in [0.3, 0.4) is 0 Å². The quantitative estimate of drug-likeness (QED) is 0.261. The Morgan fingerprint density at radius 2 is 0.846 bits per heavy atom.